The van der Waals surface area contributed by atoms with Gasteiger partial charge in [-0.1, -0.05) is 18.2 Å². The molecular weight excluding hydrogens is 633 g/mol. The third-order valence-electron chi connectivity index (χ3n) is 8.21. The number of nitro benzene ring substituents is 1. The third-order valence-corrected chi connectivity index (χ3v) is 9.46. The van der Waals surface area contributed by atoms with Gasteiger partial charge in [-0.2, -0.15) is 22.6 Å². The first-order valence-corrected chi connectivity index (χ1v) is 16.2. The molecule has 2 aliphatic rings. The number of benzene rings is 2. The highest BCUT2D eigenvalue weighted by atomic mass is 32.2. The van der Waals surface area contributed by atoms with Gasteiger partial charge in [0.1, 0.15) is 5.69 Å². The summed E-state index contributed by atoms with van der Waals surface area (Å²) in [4.78, 5) is 27.3. The average molecular weight is 667 g/mol. The summed E-state index contributed by atoms with van der Waals surface area (Å²) in [6.45, 7) is 2.04. The lowest BCUT2D eigenvalue weighted by Gasteiger charge is -2.37. The van der Waals surface area contributed by atoms with Crippen LogP contribution in [0.15, 0.2) is 42.5 Å². The van der Waals surface area contributed by atoms with E-state index in [4.69, 9.17) is 4.74 Å². The van der Waals surface area contributed by atoms with Gasteiger partial charge in [-0.3, -0.25) is 19.7 Å². The Morgan fingerprint density at radius 3 is 2.35 bits per heavy atom. The Morgan fingerprint density at radius 2 is 1.76 bits per heavy atom. The number of anilines is 1. The Bertz CT molecular complexity index is 1720. The number of para-hydroxylation sites is 1. The van der Waals surface area contributed by atoms with Crippen molar-refractivity contribution in [2.45, 2.75) is 31.8 Å². The van der Waals surface area contributed by atoms with Gasteiger partial charge in [0.2, 0.25) is 10.0 Å². The van der Waals surface area contributed by atoms with Crippen LogP contribution in [-0.4, -0.2) is 102 Å². The van der Waals surface area contributed by atoms with Crippen molar-refractivity contribution in [3.63, 3.8) is 0 Å². The van der Waals surface area contributed by atoms with E-state index in [-0.39, 0.29) is 43.1 Å². The zero-order valence-electron chi connectivity index (χ0n) is 25.1. The van der Waals surface area contributed by atoms with E-state index in [2.05, 4.69) is 5.10 Å². The van der Waals surface area contributed by atoms with Crippen LogP contribution in [0.2, 0.25) is 0 Å². The zero-order valence-corrected chi connectivity index (χ0v) is 25.9. The maximum atomic E-state index is 13.2. The Balaban J connectivity index is 1.32. The number of piperazine rings is 1. The number of ether oxygens (including phenoxy) is 1. The van der Waals surface area contributed by atoms with Crippen LogP contribution in [0.3, 0.4) is 0 Å². The molecule has 46 heavy (non-hydrogen) atoms. The smallest absolute Gasteiger partial charge is 0.416 e. The first-order chi connectivity index (χ1) is 21.7. The molecule has 17 heteroatoms. The molecule has 1 N–H and O–H groups in total. The number of carbonyl (C=O) groups excluding carboxylic acids is 1. The minimum Gasteiger partial charge on any atom is -0.465 e. The Labute approximate surface area is 263 Å². The molecule has 2 aromatic carbocycles. The van der Waals surface area contributed by atoms with Gasteiger partial charge in [-0.25, -0.2) is 13.2 Å². The summed E-state index contributed by atoms with van der Waals surface area (Å²) in [6.07, 6.45) is -4.03. The number of halogens is 3. The minimum atomic E-state index is -4.51. The van der Waals surface area contributed by atoms with Crippen LogP contribution in [-0.2, 0) is 40.4 Å². The van der Waals surface area contributed by atoms with Crippen LogP contribution in [0.25, 0.3) is 11.3 Å². The Kier molecular flexibility index (Phi) is 9.40. The van der Waals surface area contributed by atoms with E-state index in [0.717, 1.165) is 18.4 Å². The standard InChI is InChI=1S/C29H33F3N6O7S/c1-45-28(40)22-4-3-5-25(38(41)42)27(22)35-14-12-34(13-15-35)16-21(39)17-37-24-10-11-36(46(2,43)44)18-23(24)26(33-37)19-6-8-20(9-7-19)29(30,31)32/h3-9,21,39H,10-18H2,1-2H3. The number of hydrogen-bond donors (Lipinski definition) is 1. The lowest BCUT2D eigenvalue weighted by Crippen LogP contribution is -2.49. The van der Waals surface area contributed by atoms with Gasteiger partial charge in [-0.05, 0) is 18.2 Å². The van der Waals surface area contributed by atoms with Crippen LogP contribution in [0.1, 0.15) is 27.2 Å². The molecule has 1 atom stereocenters. The number of hydrogen-bond acceptors (Lipinski definition) is 10. The normalized spacial score (nSPS) is 17.0. The lowest BCUT2D eigenvalue weighted by molar-refractivity contribution is -0.384. The molecule has 1 unspecified atom stereocenters. The number of fused-ring (bicyclic) bond motifs is 1. The largest absolute Gasteiger partial charge is 0.465 e. The lowest BCUT2D eigenvalue weighted by atomic mass is 10.0. The van der Waals surface area contributed by atoms with Crippen LogP contribution < -0.4 is 4.90 Å². The number of aliphatic hydroxyl groups is 1. The van der Waals surface area contributed by atoms with E-state index < -0.39 is 38.8 Å². The summed E-state index contributed by atoms with van der Waals surface area (Å²) in [5.41, 5.74) is 1.26. The second-order valence-corrected chi connectivity index (χ2v) is 13.2. The van der Waals surface area contributed by atoms with E-state index in [1.807, 2.05) is 4.90 Å². The Hall–Kier alpha value is -4.06. The average Bonchev–Trinajstić information content (AvgIpc) is 3.37. The maximum absolute atomic E-state index is 13.2. The molecule has 0 bridgehead atoms. The van der Waals surface area contributed by atoms with Gasteiger partial charge in [0.25, 0.3) is 5.69 Å². The number of nitrogens with zero attached hydrogens (tertiary/aromatic N) is 6. The fourth-order valence-corrected chi connectivity index (χ4v) is 6.73. The molecule has 2 aliphatic heterocycles. The number of methoxy groups -OCH3 is 1. The van der Waals surface area contributed by atoms with Gasteiger partial charge < -0.3 is 14.7 Å². The first kappa shape index (κ1) is 33.3. The number of carbonyl (C=O) groups is 1. The SMILES string of the molecule is COC(=O)c1cccc([N+](=O)[O-])c1N1CCN(CC(O)Cn2nc(-c3ccc(C(F)(F)F)cc3)c3c2CCN(S(C)(=O)=O)C3)CC1. The fourth-order valence-electron chi connectivity index (χ4n) is 5.94. The van der Waals surface area contributed by atoms with Crippen LogP contribution in [0.5, 0.6) is 0 Å². The second-order valence-electron chi connectivity index (χ2n) is 11.2. The van der Waals surface area contributed by atoms with Gasteiger partial charge in [-0.15, -0.1) is 0 Å². The van der Waals surface area contributed by atoms with E-state index in [1.165, 1.54) is 41.7 Å². The maximum Gasteiger partial charge on any atom is 0.416 e. The summed E-state index contributed by atoms with van der Waals surface area (Å²) in [5.74, 6) is -0.686. The predicted octanol–water partition coefficient (Wildman–Crippen LogP) is 2.76. The summed E-state index contributed by atoms with van der Waals surface area (Å²) in [6, 6.07) is 8.73. The molecule has 13 nitrogen and oxygen atoms in total. The molecule has 0 radical (unpaired) electrons. The van der Waals surface area contributed by atoms with Crippen molar-refractivity contribution >= 4 is 27.4 Å². The summed E-state index contributed by atoms with van der Waals surface area (Å²) in [5, 5.41) is 27.5. The Morgan fingerprint density at radius 1 is 1.09 bits per heavy atom. The molecule has 0 saturated carbocycles. The van der Waals surface area contributed by atoms with Crippen molar-refractivity contribution in [2.24, 2.45) is 0 Å². The second kappa shape index (κ2) is 13.0. The van der Waals surface area contributed by atoms with Crippen molar-refractivity contribution in [2.75, 3.05) is 57.5 Å². The van der Waals surface area contributed by atoms with E-state index >= 15 is 0 Å². The topological polar surface area (TPSA) is 151 Å². The van der Waals surface area contributed by atoms with Crippen molar-refractivity contribution < 1.29 is 41.2 Å². The summed E-state index contributed by atoms with van der Waals surface area (Å²) in [7, 11) is -2.34. The number of β-amino-alcohol motifs (C(OH)–C–C–N with tert-alkyl or cyclic N) is 1. The molecule has 1 aromatic heterocycles. The van der Waals surface area contributed by atoms with E-state index in [0.29, 0.717) is 55.1 Å². The van der Waals surface area contributed by atoms with Crippen LogP contribution >= 0.6 is 0 Å². The van der Waals surface area contributed by atoms with Crippen molar-refractivity contribution in [3.05, 3.63) is 75.0 Å². The molecule has 5 rings (SSSR count). The summed E-state index contributed by atoms with van der Waals surface area (Å²) >= 11 is 0. The molecule has 1 saturated heterocycles. The molecule has 1 fully saturated rings. The van der Waals surface area contributed by atoms with E-state index in [9.17, 15) is 41.6 Å². The first-order valence-electron chi connectivity index (χ1n) is 14.4. The van der Waals surface area contributed by atoms with E-state index in [1.54, 1.807) is 9.58 Å². The number of esters is 1. The number of nitro groups is 1. The predicted molar refractivity (Wildman–Crippen MR) is 161 cm³/mol. The zero-order chi connectivity index (χ0) is 33.4. The molecule has 3 aromatic rings. The molecule has 3 heterocycles. The van der Waals surface area contributed by atoms with Crippen molar-refractivity contribution in [1.82, 2.24) is 19.0 Å². The van der Waals surface area contributed by atoms with Crippen molar-refractivity contribution in [3.8, 4) is 11.3 Å². The van der Waals surface area contributed by atoms with Gasteiger partial charge >= 0.3 is 12.1 Å². The highest BCUT2D eigenvalue weighted by Gasteiger charge is 2.33. The number of alkyl halides is 3. The molecule has 0 aliphatic carbocycles. The van der Waals surface area contributed by atoms with Crippen molar-refractivity contribution in [1.29, 1.82) is 0 Å². The molecule has 0 amide bonds. The van der Waals surface area contributed by atoms with Gasteiger partial charge in [0.15, 0.2) is 0 Å². The molecule has 248 valence electrons. The number of sulfonamides is 1. The molecule has 0 spiro atoms. The van der Waals surface area contributed by atoms with Gasteiger partial charge in [0.05, 0.1) is 47.8 Å². The third kappa shape index (κ3) is 7.01. The van der Waals surface area contributed by atoms with Crippen LogP contribution in [0.4, 0.5) is 24.5 Å². The number of aliphatic hydroxyl groups excluding tert-OH is 1. The quantitative estimate of drug-likeness (QED) is 0.205. The van der Waals surface area contributed by atoms with Gasteiger partial charge in [0, 0.05) is 75.1 Å². The molecular formula is C29H33F3N6O7S. The monoisotopic (exact) mass is 666 g/mol. The highest BCUT2D eigenvalue weighted by molar-refractivity contribution is 7.88. The minimum absolute atomic E-state index is 0.00175. The summed E-state index contributed by atoms with van der Waals surface area (Å²) < 4.78 is 71.8. The fraction of sp³-hybridized carbons (Fsp3) is 0.448. The highest BCUT2D eigenvalue weighted by Crippen LogP contribution is 2.35. The number of rotatable bonds is 9. The number of aromatic nitrogens is 2. The van der Waals surface area contributed by atoms with Crippen LogP contribution in [0, 0.1) is 10.1 Å².